The Morgan fingerprint density at radius 2 is 1.48 bits per heavy atom. The first-order valence-corrected chi connectivity index (χ1v) is 16.5. The third-order valence-electron chi connectivity index (χ3n) is 7.53. The Hall–Kier alpha value is -3.85. The third-order valence-corrected chi connectivity index (χ3v) is 8.67. The molecule has 1 aliphatic carbocycles. The van der Waals surface area contributed by atoms with Gasteiger partial charge in [0.2, 0.25) is 21.8 Å². The Labute approximate surface area is 249 Å². The summed E-state index contributed by atoms with van der Waals surface area (Å²) in [4.78, 5) is 29.7. The summed E-state index contributed by atoms with van der Waals surface area (Å²) in [5, 5.41) is 3.22. The lowest BCUT2D eigenvalue weighted by Crippen LogP contribution is -2.55. The van der Waals surface area contributed by atoms with Gasteiger partial charge in [-0.25, -0.2) is 8.42 Å². The lowest BCUT2D eigenvalue weighted by Gasteiger charge is -2.35. The largest absolute Gasteiger partial charge is 0.494 e. The number of amides is 2. The van der Waals surface area contributed by atoms with Crippen molar-refractivity contribution in [3.8, 4) is 5.75 Å². The van der Waals surface area contributed by atoms with E-state index in [-0.39, 0.29) is 18.5 Å². The first-order chi connectivity index (χ1) is 20.2. The van der Waals surface area contributed by atoms with E-state index in [0.717, 1.165) is 53.8 Å². The van der Waals surface area contributed by atoms with Crippen LogP contribution in [0, 0.1) is 0 Å². The summed E-state index contributed by atoms with van der Waals surface area (Å²) in [7, 11) is -3.83. The summed E-state index contributed by atoms with van der Waals surface area (Å²) in [5.41, 5.74) is 2.11. The van der Waals surface area contributed by atoms with E-state index in [2.05, 4.69) is 5.32 Å². The number of hydrogen-bond acceptors (Lipinski definition) is 5. The second-order valence-electron chi connectivity index (χ2n) is 10.8. The van der Waals surface area contributed by atoms with Crippen LogP contribution in [0.2, 0.25) is 0 Å². The number of anilines is 1. The Bertz CT molecular complexity index is 1390. The zero-order valence-electron chi connectivity index (χ0n) is 24.4. The minimum atomic E-state index is -3.83. The molecular formula is C33H41N3O5S. The maximum atomic E-state index is 14.2. The summed E-state index contributed by atoms with van der Waals surface area (Å²) in [6.45, 7) is 2.07. The fraction of sp³-hybridized carbons (Fsp3) is 0.394. The predicted molar refractivity (Wildman–Crippen MR) is 166 cm³/mol. The zero-order chi connectivity index (χ0) is 30.0. The molecule has 0 heterocycles. The summed E-state index contributed by atoms with van der Waals surface area (Å²) in [6, 6.07) is 24.9. The standard InChI is InChI=1S/C33H41N3O5S/c1-3-41-30-21-19-29(20-22-30)36(42(2,39)40)25-32(37)35(24-27-15-9-5-10-16-27)31(23-26-13-7-4-8-14-26)33(38)34-28-17-11-6-12-18-28/h4-5,7-10,13-16,19-22,28,31H,3,6,11-12,17-18,23-25H2,1-2H3,(H,34,38)/t31-/m0/s1. The molecule has 1 saturated carbocycles. The molecule has 8 nitrogen and oxygen atoms in total. The molecule has 1 aliphatic rings. The van der Waals surface area contributed by atoms with Gasteiger partial charge in [0.1, 0.15) is 18.3 Å². The molecule has 2 amide bonds. The number of carbonyl (C=O) groups excluding carboxylic acids is 2. The first-order valence-electron chi connectivity index (χ1n) is 14.6. The van der Waals surface area contributed by atoms with E-state index < -0.39 is 28.5 Å². The molecule has 1 atom stereocenters. The van der Waals surface area contributed by atoms with E-state index >= 15 is 0 Å². The Balaban J connectivity index is 1.68. The number of ether oxygens (including phenoxy) is 1. The third kappa shape index (κ3) is 8.82. The van der Waals surface area contributed by atoms with Gasteiger partial charge in [0.25, 0.3) is 0 Å². The van der Waals surface area contributed by atoms with E-state index in [1.54, 1.807) is 24.3 Å². The highest BCUT2D eigenvalue weighted by molar-refractivity contribution is 7.92. The molecule has 0 unspecified atom stereocenters. The molecule has 0 aliphatic heterocycles. The highest BCUT2D eigenvalue weighted by Crippen LogP contribution is 2.24. The first kappa shape index (κ1) is 31.1. The van der Waals surface area contributed by atoms with Crippen molar-refractivity contribution < 1.29 is 22.7 Å². The van der Waals surface area contributed by atoms with Crippen LogP contribution in [0.5, 0.6) is 5.75 Å². The van der Waals surface area contributed by atoms with E-state index in [1.165, 1.54) is 4.90 Å². The van der Waals surface area contributed by atoms with Gasteiger partial charge in [0.05, 0.1) is 18.6 Å². The fourth-order valence-corrected chi connectivity index (χ4v) is 6.22. The van der Waals surface area contributed by atoms with Gasteiger partial charge in [-0.3, -0.25) is 13.9 Å². The van der Waals surface area contributed by atoms with Gasteiger partial charge in [-0.1, -0.05) is 79.9 Å². The van der Waals surface area contributed by atoms with Crippen LogP contribution < -0.4 is 14.4 Å². The average Bonchev–Trinajstić information content (AvgIpc) is 2.99. The monoisotopic (exact) mass is 591 g/mol. The normalized spacial score (nSPS) is 14.5. The van der Waals surface area contributed by atoms with Gasteiger partial charge in [0, 0.05) is 19.0 Å². The zero-order valence-corrected chi connectivity index (χ0v) is 25.3. The molecule has 1 fully saturated rings. The topological polar surface area (TPSA) is 96.0 Å². The summed E-state index contributed by atoms with van der Waals surface area (Å²) in [6.07, 6.45) is 6.49. The van der Waals surface area contributed by atoms with Gasteiger partial charge in [-0.2, -0.15) is 0 Å². The van der Waals surface area contributed by atoms with Crippen molar-refractivity contribution in [3.05, 3.63) is 96.1 Å². The molecule has 1 N–H and O–H groups in total. The van der Waals surface area contributed by atoms with Crippen molar-refractivity contribution in [2.45, 2.75) is 64.1 Å². The van der Waals surface area contributed by atoms with Gasteiger partial charge >= 0.3 is 0 Å². The Morgan fingerprint density at radius 1 is 0.881 bits per heavy atom. The fourth-order valence-electron chi connectivity index (χ4n) is 5.37. The smallest absolute Gasteiger partial charge is 0.244 e. The molecule has 0 saturated heterocycles. The number of sulfonamides is 1. The van der Waals surface area contributed by atoms with Crippen molar-refractivity contribution >= 4 is 27.5 Å². The molecule has 0 bridgehead atoms. The van der Waals surface area contributed by atoms with Crippen molar-refractivity contribution in [2.75, 3.05) is 23.7 Å². The van der Waals surface area contributed by atoms with E-state index in [9.17, 15) is 18.0 Å². The van der Waals surface area contributed by atoms with Crippen molar-refractivity contribution in [2.24, 2.45) is 0 Å². The summed E-state index contributed by atoms with van der Waals surface area (Å²) < 4.78 is 32.5. The molecule has 9 heteroatoms. The van der Waals surface area contributed by atoms with Crippen LogP contribution in [0.15, 0.2) is 84.9 Å². The Morgan fingerprint density at radius 3 is 2.05 bits per heavy atom. The molecule has 3 aromatic rings. The SMILES string of the molecule is CCOc1ccc(N(CC(=O)N(Cc2ccccc2)[C@@H](Cc2ccccc2)C(=O)NC2CCCCC2)S(C)(=O)=O)cc1. The van der Waals surface area contributed by atoms with E-state index in [0.29, 0.717) is 24.5 Å². The lowest BCUT2D eigenvalue weighted by atomic mass is 9.94. The molecule has 0 aromatic heterocycles. The van der Waals surface area contributed by atoms with Gasteiger partial charge in [0.15, 0.2) is 0 Å². The highest BCUT2D eigenvalue weighted by atomic mass is 32.2. The van der Waals surface area contributed by atoms with Crippen LogP contribution in [0.1, 0.15) is 50.2 Å². The molecular weight excluding hydrogens is 550 g/mol. The number of benzene rings is 3. The molecule has 224 valence electrons. The molecule has 4 rings (SSSR count). The molecule has 0 spiro atoms. The summed E-state index contributed by atoms with van der Waals surface area (Å²) in [5.74, 6) is -0.0751. The quantitative estimate of drug-likeness (QED) is 0.304. The maximum Gasteiger partial charge on any atom is 0.244 e. The predicted octanol–water partition coefficient (Wildman–Crippen LogP) is 4.94. The highest BCUT2D eigenvalue weighted by Gasteiger charge is 2.34. The van der Waals surface area contributed by atoms with Crippen LogP contribution in [0.4, 0.5) is 5.69 Å². The van der Waals surface area contributed by atoms with Gasteiger partial charge in [-0.05, 0) is 55.2 Å². The second-order valence-corrected chi connectivity index (χ2v) is 12.7. The minimum Gasteiger partial charge on any atom is -0.494 e. The maximum absolute atomic E-state index is 14.2. The van der Waals surface area contributed by atoms with Crippen LogP contribution in [-0.2, 0) is 32.6 Å². The average molecular weight is 592 g/mol. The van der Waals surface area contributed by atoms with Gasteiger partial charge in [-0.15, -0.1) is 0 Å². The number of nitrogens with zero attached hydrogens (tertiary/aromatic N) is 2. The van der Waals surface area contributed by atoms with Crippen LogP contribution >= 0.6 is 0 Å². The van der Waals surface area contributed by atoms with Crippen LogP contribution in [0.3, 0.4) is 0 Å². The number of carbonyl (C=O) groups is 2. The Kier molecular flexibility index (Phi) is 11.0. The van der Waals surface area contributed by atoms with Gasteiger partial charge < -0.3 is 15.0 Å². The minimum absolute atomic E-state index is 0.0644. The van der Waals surface area contributed by atoms with Crippen LogP contribution in [-0.4, -0.2) is 56.6 Å². The van der Waals surface area contributed by atoms with Crippen LogP contribution in [0.25, 0.3) is 0 Å². The number of nitrogens with one attached hydrogen (secondary N) is 1. The molecule has 0 radical (unpaired) electrons. The summed E-state index contributed by atoms with van der Waals surface area (Å²) >= 11 is 0. The molecule has 42 heavy (non-hydrogen) atoms. The lowest BCUT2D eigenvalue weighted by molar-refractivity contribution is -0.140. The van der Waals surface area contributed by atoms with Crippen molar-refractivity contribution in [1.82, 2.24) is 10.2 Å². The van der Waals surface area contributed by atoms with Crippen molar-refractivity contribution in [1.29, 1.82) is 0 Å². The number of hydrogen-bond donors (Lipinski definition) is 1. The second kappa shape index (κ2) is 14.9. The van der Waals surface area contributed by atoms with Crippen molar-refractivity contribution in [3.63, 3.8) is 0 Å². The van der Waals surface area contributed by atoms with E-state index in [4.69, 9.17) is 4.74 Å². The van der Waals surface area contributed by atoms with E-state index in [1.807, 2.05) is 67.6 Å². The molecule has 3 aromatic carbocycles. The number of rotatable bonds is 13.